The summed E-state index contributed by atoms with van der Waals surface area (Å²) in [5.41, 5.74) is 0. The summed E-state index contributed by atoms with van der Waals surface area (Å²) in [4.78, 5) is 4.31. The monoisotopic (exact) mass is 227 g/mol. The number of methoxy groups -OCH3 is 2. The van der Waals surface area contributed by atoms with Crippen LogP contribution in [0, 0.1) is 0 Å². The molecule has 0 aliphatic heterocycles. The van der Waals surface area contributed by atoms with Crippen molar-refractivity contribution in [3.05, 3.63) is 18.2 Å². The van der Waals surface area contributed by atoms with Crippen molar-refractivity contribution in [2.45, 2.75) is 26.1 Å². The van der Waals surface area contributed by atoms with Gasteiger partial charge in [0.1, 0.15) is 5.82 Å². The first kappa shape index (κ1) is 13.2. The molecule has 16 heavy (non-hydrogen) atoms. The summed E-state index contributed by atoms with van der Waals surface area (Å²) in [6.45, 7) is 5.19. The lowest BCUT2D eigenvalue weighted by molar-refractivity contribution is 0.102. The second kappa shape index (κ2) is 7.38. The Balaban J connectivity index is 2.38. The van der Waals surface area contributed by atoms with Gasteiger partial charge in [0.25, 0.3) is 0 Å². The van der Waals surface area contributed by atoms with Gasteiger partial charge in [-0.1, -0.05) is 0 Å². The van der Waals surface area contributed by atoms with Crippen molar-refractivity contribution < 1.29 is 9.47 Å². The molecule has 1 N–H and O–H groups in total. The average Bonchev–Trinajstić information content (AvgIpc) is 2.72. The topological polar surface area (TPSA) is 48.3 Å². The zero-order valence-electron chi connectivity index (χ0n) is 10.3. The molecule has 1 aromatic heterocycles. The van der Waals surface area contributed by atoms with Crippen molar-refractivity contribution in [2.75, 3.05) is 27.4 Å². The zero-order valence-corrected chi connectivity index (χ0v) is 10.3. The Kier molecular flexibility index (Phi) is 6.07. The van der Waals surface area contributed by atoms with Crippen LogP contribution >= 0.6 is 0 Å². The Hall–Kier alpha value is -0.910. The molecule has 0 aliphatic rings. The van der Waals surface area contributed by atoms with E-state index in [0.29, 0.717) is 0 Å². The van der Waals surface area contributed by atoms with E-state index in [0.717, 1.165) is 32.1 Å². The van der Waals surface area contributed by atoms with E-state index in [4.69, 9.17) is 9.47 Å². The first-order valence-electron chi connectivity index (χ1n) is 5.50. The number of hydrogen-bond donors (Lipinski definition) is 1. The van der Waals surface area contributed by atoms with Crippen molar-refractivity contribution in [1.82, 2.24) is 14.9 Å². The molecule has 1 heterocycles. The molecule has 0 aromatic carbocycles. The van der Waals surface area contributed by atoms with Crippen molar-refractivity contribution >= 4 is 0 Å². The van der Waals surface area contributed by atoms with Gasteiger partial charge in [0, 0.05) is 39.7 Å². The predicted molar refractivity (Wildman–Crippen MR) is 62.3 cm³/mol. The third kappa shape index (κ3) is 4.30. The summed E-state index contributed by atoms with van der Waals surface area (Å²) in [6.07, 6.45) is 3.99. The van der Waals surface area contributed by atoms with Gasteiger partial charge >= 0.3 is 0 Å². The predicted octanol–water partition coefficient (Wildman–Crippen LogP) is 0.654. The van der Waals surface area contributed by atoms with E-state index in [2.05, 4.69) is 14.9 Å². The molecule has 5 nitrogen and oxygen atoms in total. The fourth-order valence-electron chi connectivity index (χ4n) is 1.40. The summed E-state index contributed by atoms with van der Waals surface area (Å²) >= 11 is 0. The maximum atomic E-state index is 5.23. The molecule has 0 spiro atoms. The van der Waals surface area contributed by atoms with Crippen molar-refractivity contribution in [1.29, 1.82) is 0 Å². The van der Waals surface area contributed by atoms with Crippen LogP contribution in [0.4, 0.5) is 0 Å². The summed E-state index contributed by atoms with van der Waals surface area (Å²) in [5, 5.41) is 3.27. The lowest BCUT2D eigenvalue weighted by Gasteiger charge is -2.13. The number of rotatable bonds is 8. The second-order valence-corrected chi connectivity index (χ2v) is 3.71. The van der Waals surface area contributed by atoms with Crippen LogP contribution in [-0.4, -0.2) is 43.0 Å². The standard InChI is InChI=1S/C11H21N3O2/c1-10(16-3)9-14-6-4-13-11(14)8-12-5-7-15-2/h4,6,10,12H,5,7-9H2,1-3H3. The highest BCUT2D eigenvalue weighted by molar-refractivity contribution is 4.92. The van der Waals surface area contributed by atoms with Gasteiger partial charge in [-0.15, -0.1) is 0 Å². The highest BCUT2D eigenvalue weighted by Gasteiger charge is 2.05. The molecule has 0 fully saturated rings. The van der Waals surface area contributed by atoms with E-state index in [-0.39, 0.29) is 6.10 Å². The van der Waals surface area contributed by atoms with E-state index in [1.54, 1.807) is 14.2 Å². The van der Waals surface area contributed by atoms with Crippen LogP contribution in [0.15, 0.2) is 12.4 Å². The van der Waals surface area contributed by atoms with Gasteiger partial charge in [-0.25, -0.2) is 4.98 Å². The molecule has 1 aromatic rings. The van der Waals surface area contributed by atoms with Crippen LogP contribution in [0.2, 0.25) is 0 Å². The maximum Gasteiger partial charge on any atom is 0.122 e. The highest BCUT2D eigenvalue weighted by atomic mass is 16.5. The molecule has 0 saturated heterocycles. The fourth-order valence-corrected chi connectivity index (χ4v) is 1.40. The van der Waals surface area contributed by atoms with Crippen LogP contribution < -0.4 is 5.32 Å². The third-order valence-corrected chi connectivity index (χ3v) is 2.42. The number of nitrogens with one attached hydrogen (secondary N) is 1. The molecule has 0 saturated carbocycles. The average molecular weight is 227 g/mol. The van der Waals surface area contributed by atoms with E-state index in [9.17, 15) is 0 Å². The van der Waals surface area contributed by atoms with Crippen molar-refractivity contribution in [3.8, 4) is 0 Å². The first-order chi connectivity index (χ1) is 7.77. The van der Waals surface area contributed by atoms with E-state index < -0.39 is 0 Å². The Morgan fingerprint density at radius 1 is 1.50 bits per heavy atom. The molecule has 0 bridgehead atoms. The molecule has 92 valence electrons. The number of nitrogens with zero attached hydrogens (tertiary/aromatic N) is 2. The Morgan fingerprint density at radius 2 is 2.31 bits per heavy atom. The number of imidazole rings is 1. The highest BCUT2D eigenvalue weighted by Crippen LogP contribution is 2.01. The molecule has 0 amide bonds. The largest absolute Gasteiger partial charge is 0.383 e. The van der Waals surface area contributed by atoms with E-state index in [1.165, 1.54) is 0 Å². The maximum absolute atomic E-state index is 5.23. The van der Waals surface area contributed by atoms with E-state index in [1.807, 2.05) is 19.3 Å². The smallest absolute Gasteiger partial charge is 0.122 e. The molecule has 1 atom stereocenters. The minimum absolute atomic E-state index is 0.201. The molecule has 0 aliphatic carbocycles. The molecule has 0 radical (unpaired) electrons. The molecule has 5 heteroatoms. The zero-order chi connectivity index (χ0) is 11.8. The van der Waals surface area contributed by atoms with E-state index >= 15 is 0 Å². The lowest BCUT2D eigenvalue weighted by Crippen LogP contribution is -2.23. The molecule has 1 unspecified atom stereocenters. The summed E-state index contributed by atoms with van der Waals surface area (Å²) < 4.78 is 12.3. The summed E-state index contributed by atoms with van der Waals surface area (Å²) in [6, 6.07) is 0. The number of hydrogen-bond acceptors (Lipinski definition) is 4. The Morgan fingerprint density at radius 3 is 3.00 bits per heavy atom. The minimum atomic E-state index is 0.201. The fraction of sp³-hybridized carbons (Fsp3) is 0.727. The Labute approximate surface area is 96.8 Å². The second-order valence-electron chi connectivity index (χ2n) is 3.71. The molecular formula is C11H21N3O2. The SMILES string of the molecule is COCCNCc1nccn1CC(C)OC. The molecular weight excluding hydrogens is 206 g/mol. The van der Waals surface area contributed by atoms with Crippen LogP contribution in [-0.2, 0) is 22.6 Å². The first-order valence-corrected chi connectivity index (χ1v) is 5.50. The van der Waals surface area contributed by atoms with Crippen LogP contribution in [0.25, 0.3) is 0 Å². The third-order valence-electron chi connectivity index (χ3n) is 2.42. The van der Waals surface area contributed by atoms with Gasteiger partial charge < -0.3 is 19.4 Å². The Bertz CT molecular complexity index is 289. The normalized spacial score (nSPS) is 12.9. The van der Waals surface area contributed by atoms with Gasteiger partial charge in [-0.05, 0) is 6.92 Å². The van der Waals surface area contributed by atoms with Gasteiger partial charge in [0.05, 0.1) is 19.3 Å². The summed E-state index contributed by atoms with van der Waals surface area (Å²) in [7, 11) is 3.42. The van der Waals surface area contributed by atoms with Crippen LogP contribution in [0.3, 0.4) is 0 Å². The minimum Gasteiger partial charge on any atom is -0.383 e. The van der Waals surface area contributed by atoms with Gasteiger partial charge in [-0.2, -0.15) is 0 Å². The van der Waals surface area contributed by atoms with Gasteiger partial charge in [0.15, 0.2) is 0 Å². The summed E-state index contributed by atoms with van der Waals surface area (Å²) in [5.74, 6) is 1.03. The molecule has 1 rings (SSSR count). The van der Waals surface area contributed by atoms with Gasteiger partial charge in [0.2, 0.25) is 0 Å². The van der Waals surface area contributed by atoms with Gasteiger partial charge in [-0.3, -0.25) is 0 Å². The lowest BCUT2D eigenvalue weighted by atomic mass is 10.4. The van der Waals surface area contributed by atoms with Crippen molar-refractivity contribution in [3.63, 3.8) is 0 Å². The van der Waals surface area contributed by atoms with Crippen molar-refractivity contribution in [2.24, 2.45) is 0 Å². The number of aromatic nitrogens is 2. The van der Waals surface area contributed by atoms with Crippen LogP contribution in [0.1, 0.15) is 12.7 Å². The number of ether oxygens (including phenoxy) is 2. The van der Waals surface area contributed by atoms with Crippen LogP contribution in [0.5, 0.6) is 0 Å². The quantitative estimate of drug-likeness (QED) is 0.663.